The molecule has 0 unspecified atom stereocenters. The summed E-state index contributed by atoms with van der Waals surface area (Å²) in [6.45, 7) is 9.71. The molecule has 6 nitrogen and oxygen atoms in total. The Morgan fingerprint density at radius 3 is 2.48 bits per heavy atom. The van der Waals surface area contributed by atoms with Gasteiger partial charge in [-0.15, -0.1) is 0 Å². The summed E-state index contributed by atoms with van der Waals surface area (Å²) in [5.41, 5.74) is 2.91. The summed E-state index contributed by atoms with van der Waals surface area (Å²) in [6.07, 6.45) is 1.05. The van der Waals surface area contributed by atoms with Crippen molar-refractivity contribution in [2.45, 2.75) is 46.7 Å². The second-order valence-electron chi connectivity index (χ2n) is 8.46. The average Bonchev–Trinajstić information content (AvgIpc) is 2.73. The van der Waals surface area contributed by atoms with Crippen molar-refractivity contribution in [3.8, 4) is 0 Å². The first-order chi connectivity index (χ1) is 14.9. The molecule has 6 heteroatoms. The molecule has 2 aromatic carbocycles. The number of likely N-dealkylation sites (N-methyl/N-ethyl adjacent to an activating group) is 1. The van der Waals surface area contributed by atoms with Gasteiger partial charge in [0, 0.05) is 0 Å². The number of hydrogen-bond acceptors (Lipinski definition) is 4. The number of aromatic nitrogens is 2. The summed E-state index contributed by atoms with van der Waals surface area (Å²) in [4.78, 5) is 34.2. The molecule has 2 N–H and O–H groups in total. The maximum absolute atomic E-state index is 12.6. The normalized spacial score (nSPS) is 12.5. The van der Waals surface area contributed by atoms with Crippen LogP contribution in [-0.2, 0) is 17.8 Å². The molecule has 1 heterocycles. The fraction of sp³-hybridized carbons (Fsp3) is 0.400. The lowest BCUT2D eigenvalue weighted by Gasteiger charge is -2.21. The standard InChI is InChI=1S/C25H32N4O2/c1-5-29(15-23-27-22-9-7-6-8-21(22)25(31)28-23)16-24(30)26-18(4)20-12-10-19(11-13-20)14-17(2)3/h6-13,17-18H,5,14-16H2,1-4H3,(H,26,30)(H,27,28,31)/t18-/m1/s1. The van der Waals surface area contributed by atoms with E-state index >= 15 is 0 Å². The fourth-order valence-corrected chi connectivity index (χ4v) is 3.69. The third-order valence-electron chi connectivity index (χ3n) is 5.35. The van der Waals surface area contributed by atoms with E-state index < -0.39 is 0 Å². The SMILES string of the molecule is CCN(CC(=O)N[C@H](C)c1ccc(CC(C)C)cc1)Cc1nc2ccccc2c(=O)[nH]1. The molecule has 0 saturated carbocycles. The van der Waals surface area contributed by atoms with Crippen LogP contribution >= 0.6 is 0 Å². The highest BCUT2D eigenvalue weighted by molar-refractivity contribution is 5.78. The second kappa shape index (κ2) is 10.4. The van der Waals surface area contributed by atoms with Crippen LogP contribution in [0.15, 0.2) is 53.3 Å². The summed E-state index contributed by atoms with van der Waals surface area (Å²) in [5, 5.41) is 3.64. The third-order valence-corrected chi connectivity index (χ3v) is 5.35. The Morgan fingerprint density at radius 1 is 1.10 bits per heavy atom. The zero-order chi connectivity index (χ0) is 22.4. The lowest BCUT2D eigenvalue weighted by molar-refractivity contribution is -0.123. The second-order valence-corrected chi connectivity index (χ2v) is 8.46. The van der Waals surface area contributed by atoms with Crippen LogP contribution in [0.3, 0.4) is 0 Å². The number of carbonyl (C=O) groups is 1. The molecule has 0 aliphatic carbocycles. The summed E-state index contributed by atoms with van der Waals surface area (Å²) in [5.74, 6) is 1.13. The van der Waals surface area contributed by atoms with Gasteiger partial charge in [-0.1, -0.05) is 57.2 Å². The highest BCUT2D eigenvalue weighted by Crippen LogP contribution is 2.15. The first-order valence-corrected chi connectivity index (χ1v) is 10.9. The van der Waals surface area contributed by atoms with Gasteiger partial charge in [0.2, 0.25) is 5.91 Å². The molecular weight excluding hydrogens is 388 g/mol. The van der Waals surface area contributed by atoms with Crippen LogP contribution in [0.2, 0.25) is 0 Å². The van der Waals surface area contributed by atoms with Gasteiger partial charge in [0.15, 0.2) is 0 Å². The Bertz CT molecular complexity index is 1070. The van der Waals surface area contributed by atoms with Crippen molar-refractivity contribution in [2.24, 2.45) is 5.92 Å². The maximum Gasteiger partial charge on any atom is 0.258 e. The molecule has 1 amide bonds. The van der Waals surface area contributed by atoms with E-state index in [1.165, 1.54) is 5.56 Å². The van der Waals surface area contributed by atoms with Crippen molar-refractivity contribution in [1.29, 1.82) is 0 Å². The minimum atomic E-state index is -0.157. The van der Waals surface area contributed by atoms with Gasteiger partial charge >= 0.3 is 0 Å². The summed E-state index contributed by atoms with van der Waals surface area (Å²) in [6, 6.07) is 15.6. The Morgan fingerprint density at radius 2 is 1.81 bits per heavy atom. The number of nitrogens with zero attached hydrogens (tertiary/aromatic N) is 2. The van der Waals surface area contributed by atoms with Gasteiger partial charge in [-0.3, -0.25) is 14.5 Å². The number of rotatable bonds is 9. The highest BCUT2D eigenvalue weighted by atomic mass is 16.2. The zero-order valence-corrected chi connectivity index (χ0v) is 18.8. The first kappa shape index (κ1) is 22.7. The largest absolute Gasteiger partial charge is 0.348 e. The van der Waals surface area contributed by atoms with Crippen molar-refractivity contribution in [1.82, 2.24) is 20.2 Å². The molecule has 1 aromatic heterocycles. The number of H-pyrrole nitrogens is 1. The van der Waals surface area contributed by atoms with E-state index in [2.05, 4.69) is 53.4 Å². The Balaban J connectivity index is 1.60. The van der Waals surface area contributed by atoms with Crippen LogP contribution in [0, 0.1) is 5.92 Å². The maximum atomic E-state index is 12.6. The van der Waals surface area contributed by atoms with Crippen LogP contribution < -0.4 is 10.9 Å². The molecule has 0 spiro atoms. The third kappa shape index (κ3) is 6.25. The van der Waals surface area contributed by atoms with E-state index in [1.54, 1.807) is 6.07 Å². The molecule has 3 aromatic rings. The van der Waals surface area contributed by atoms with Crippen molar-refractivity contribution >= 4 is 16.8 Å². The van der Waals surface area contributed by atoms with E-state index in [9.17, 15) is 9.59 Å². The molecule has 1 atom stereocenters. The minimum Gasteiger partial charge on any atom is -0.348 e. The molecule has 0 aliphatic heterocycles. The van der Waals surface area contributed by atoms with Crippen molar-refractivity contribution in [3.05, 3.63) is 75.8 Å². The van der Waals surface area contributed by atoms with Crippen LogP contribution in [0.4, 0.5) is 0 Å². The molecule has 164 valence electrons. The smallest absolute Gasteiger partial charge is 0.258 e. The predicted molar refractivity (Wildman–Crippen MR) is 125 cm³/mol. The van der Waals surface area contributed by atoms with E-state index in [4.69, 9.17) is 0 Å². The predicted octanol–water partition coefficient (Wildman–Crippen LogP) is 3.82. The van der Waals surface area contributed by atoms with Crippen LogP contribution in [0.25, 0.3) is 10.9 Å². The number of hydrogen-bond donors (Lipinski definition) is 2. The summed E-state index contributed by atoms with van der Waals surface area (Å²) in [7, 11) is 0. The van der Waals surface area contributed by atoms with Gasteiger partial charge in [-0.05, 0) is 49.1 Å². The number of fused-ring (bicyclic) bond motifs is 1. The zero-order valence-electron chi connectivity index (χ0n) is 18.8. The number of benzene rings is 2. The first-order valence-electron chi connectivity index (χ1n) is 10.9. The van der Waals surface area contributed by atoms with E-state index in [0.29, 0.717) is 35.7 Å². The van der Waals surface area contributed by atoms with Crippen molar-refractivity contribution < 1.29 is 4.79 Å². The quantitative estimate of drug-likeness (QED) is 0.552. The number of para-hydroxylation sites is 1. The lowest BCUT2D eigenvalue weighted by atomic mass is 10.00. The van der Waals surface area contributed by atoms with Gasteiger partial charge in [-0.2, -0.15) is 0 Å². The van der Waals surface area contributed by atoms with E-state index in [1.807, 2.05) is 36.9 Å². The molecule has 0 saturated heterocycles. The van der Waals surface area contributed by atoms with Crippen LogP contribution in [0.1, 0.15) is 50.7 Å². The summed E-state index contributed by atoms with van der Waals surface area (Å²) < 4.78 is 0. The molecule has 0 radical (unpaired) electrons. The van der Waals surface area contributed by atoms with Crippen molar-refractivity contribution in [2.75, 3.05) is 13.1 Å². The van der Waals surface area contributed by atoms with Crippen LogP contribution in [-0.4, -0.2) is 33.9 Å². The average molecular weight is 421 g/mol. The van der Waals surface area contributed by atoms with Gasteiger partial charge < -0.3 is 10.3 Å². The molecule has 3 rings (SSSR count). The Hall–Kier alpha value is -2.99. The Labute approximate surface area is 183 Å². The molecule has 0 bridgehead atoms. The van der Waals surface area contributed by atoms with E-state index in [-0.39, 0.29) is 24.1 Å². The number of nitrogens with one attached hydrogen (secondary N) is 2. The number of aromatic amines is 1. The highest BCUT2D eigenvalue weighted by Gasteiger charge is 2.15. The van der Waals surface area contributed by atoms with Crippen LogP contribution in [0.5, 0.6) is 0 Å². The fourth-order valence-electron chi connectivity index (χ4n) is 3.69. The molecule has 0 fully saturated rings. The van der Waals surface area contributed by atoms with E-state index in [0.717, 1.165) is 12.0 Å². The molecule has 31 heavy (non-hydrogen) atoms. The number of carbonyl (C=O) groups excluding carboxylic acids is 1. The monoisotopic (exact) mass is 420 g/mol. The van der Waals surface area contributed by atoms with Crippen molar-refractivity contribution in [3.63, 3.8) is 0 Å². The molecule has 0 aliphatic rings. The van der Waals surface area contributed by atoms with Gasteiger partial charge in [0.1, 0.15) is 5.82 Å². The van der Waals surface area contributed by atoms with Gasteiger partial charge in [-0.25, -0.2) is 4.98 Å². The van der Waals surface area contributed by atoms with Gasteiger partial charge in [0.05, 0.1) is 30.0 Å². The van der Waals surface area contributed by atoms with Gasteiger partial charge in [0.25, 0.3) is 5.56 Å². The molecular formula is C25H32N4O2. The lowest BCUT2D eigenvalue weighted by Crippen LogP contribution is -2.38. The Kier molecular flexibility index (Phi) is 7.58. The number of amides is 1. The summed E-state index contributed by atoms with van der Waals surface area (Å²) >= 11 is 0. The topological polar surface area (TPSA) is 78.1 Å². The minimum absolute atomic E-state index is 0.0521.